The number of benzene rings is 2. The van der Waals surface area contributed by atoms with Crippen molar-refractivity contribution in [2.24, 2.45) is 5.10 Å². The maximum Gasteiger partial charge on any atom is 0.433 e. The zero-order valence-electron chi connectivity index (χ0n) is 13.2. The number of aromatic nitrogens is 4. The van der Waals surface area contributed by atoms with Crippen LogP contribution in [-0.2, 0) is 0 Å². The molecule has 2 aromatic heterocycles. The molecule has 26 heavy (non-hydrogen) atoms. The second-order valence-corrected chi connectivity index (χ2v) is 5.22. The molecule has 0 saturated carbocycles. The lowest BCUT2D eigenvalue weighted by Crippen LogP contribution is -2.01. The van der Waals surface area contributed by atoms with Gasteiger partial charge in [-0.15, -0.1) is 0 Å². The maximum absolute atomic E-state index is 10.6. The standard InChI is InChI=1S/C16H11N7O3/c24-23(25)15-9-8-12(26-15)10-17-22-16(19-20-21-22)18-14-7-3-5-11-4-1-2-6-13(11)14/h1-10H,(H,18,19,21). The van der Waals surface area contributed by atoms with E-state index >= 15 is 0 Å². The lowest BCUT2D eigenvalue weighted by molar-refractivity contribution is -0.402. The monoisotopic (exact) mass is 349 g/mol. The highest BCUT2D eigenvalue weighted by molar-refractivity contribution is 5.94. The summed E-state index contributed by atoms with van der Waals surface area (Å²) in [7, 11) is 0. The van der Waals surface area contributed by atoms with Gasteiger partial charge in [-0.05, 0) is 27.9 Å². The summed E-state index contributed by atoms with van der Waals surface area (Å²) in [6.45, 7) is 0. The summed E-state index contributed by atoms with van der Waals surface area (Å²) in [6, 6.07) is 16.4. The highest BCUT2D eigenvalue weighted by Crippen LogP contribution is 2.25. The number of furan rings is 1. The van der Waals surface area contributed by atoms with E-state index in [0.29, 0.717) is 5.95 Å². The molecule has 0 aliphatic rings. The molecule has 128 valence electrons. The van der Waals surface area contributed by atoms with Gasteiger partial charge in [0.05, 0.1) is 12.3 Å². The van der Waals surface area contributed by atoms with Gasteiger partial charge in [-0.3, -0.25) is 10.1 Å². The van der Waals surface area contributed by atoms with Gasteiger partial charge in [0, 0.05) is 11.1 Å². The molecule has 10 nitrogen and oxygen atoms in total. The van der Waals surface area contributed by atoms with E-state index in [4.69, 9.17) is 4.42 Å². The van der Waals surface area contributed by atoms with Crippen molar-refractivity contribution in [2.75, 3.05) is 5.32 Å². The number of hydrogen-bond acceptors (Lipinski definition) is 8. The van der Waals surface area contributed by atoms with Crippen molar-refractivity contribution in [3.8, 4) is 0 Å². The van der Waals surface area contributed by atoms with E-state index < -0.39 is 4.92 Å². The van der Waals surface area contributed by atoms with Crippen LogP contribution in [0.2, 0.25) is 0 Å². The lowest BCUT2D eigenvalue weighted by atomic mass is 10.1. The normalized spacial score (nSPS) is 11.2. The first-order chi connectivity index (χ1) is 12.7. The molecule has 4 rings (SSSR count). The average Bonchev–Trinajstić information content (AvgIpc) is 3.30. The Labute approximate surface area is 145 Å². The Morgan fingerprint density at radius 2 is 2.00 bits per heavy atom. The molecule has 0 atom stereocenters. The second-order valence-electron chi connectivity index (χ2n) is 5.22. The van der Waals surface area contributed by atoms with E-state index in [1.54, 1.807) is 0 Å². The summed E-state index contributed by atoms with van der Waals surface area (Å²) in [6.07, 6.45) is 1.29. The first-order valence-corrected chi connectivity index (χ1v) is 7.52. The number of nitro groups is 1. The minimum atomic E-state index is -0.623. The molecule has 10 heteroatoms. The van der Waals surface area contributed by atoms with Gasteiger partial charge < -0.3 is 9.73 Å². The highest BCUT2D eigenvalue weighted by atomic mass is 16.6. The SMILES string of the molecule is O=[N+]([O-])c1ccc(C=Nn2nnnc2Nc2cccc3ccccc23)o1. The van der Waals surface area contributed by atoms with Gasteiger partial charge in [0.25, 0.3) is 5.95 Å². The Kier molecular flexibility index (Phi) is 3.82. The van der Waals surface area contributed by atoms with Crippen LogP contribution in [0.4, 0.5) is 17.5 Å². The van der Waals surface area contributed by atoms with Crippen molar-refractivity contribution in [2.45, 2.75) is 0 Å². The van der Waals surface area contributed by atoms with E-state index in [9.17, 15) is 10.1 Å². The van der Waals surface area contributed by atoms with Gasteiger partial charge in [0.2, 0.25) is 0 Å². The first-order valence-electron chi connectivity index (χ1n) is 7.52. The smallest absolute Gasteiger partial charge is 0.400 e. The topological polar surface area (TPSA) is 124 Å². The summed E-state index contributed by atoms with van der Waals surface area (Å²) >= 11 is 0. The maximum atomic E-state index is 10.6. The fraction of sp³-hybridized carbons (Fsp3) is 0. The van der Waals surface area contributed by atoms with Crippen molar-refractivity contribution in [3.05, 3.63) is 70.5 Å². The Balaban J connectivity index is 1.60. The molecular weight excluding hydrogens is 338 g/mol. The molecule has 0 aliphatic carbocycles. The number of hydrogen-bond donors (Lipinski definition) is 1. The minimum absolute atomic E-state index is 0.211. The minimum Gasteiger partial charge on any atom is -0.400 e. The van der Waals surface area contributed by atoms with Crippen molar-refractivity contribution in [1.29, 1.82) is 0 Å². The van der Waals surface area contributed by atoms with Crippen molar-refractivity contribution < 1.29 is 9.34 Å². The molecule has 0 spiro atoms. The number of anilines is 2. The van der Waals surface area contributed by atoms with Crippen molar-refractivity contribution in [1.82, 2.24) is 20.3 Å². The molecule has 1 N–H and O–H groups in total. The van der Waals surface area contributed by atoms with Crippen LogP contribution in [0, 0.1) is 10.1 Å². The molecule has 0 unspecified atom stereocenters. The zero-order chi connectivity index (χ0) is 17.9. The molecule has 0 fully saturated rings. The van der Waals surface area contributed by atoms with Gasteiger partial charge in [-0.25, -0.2) is 0 Å². The summed E-state index contributed by atoms with van der Waals surface area (Å²) in [5, 5.41) is 31.2. The average molecular weight is 349 g/mol. The number of rotatable bonds is 5. The van der Waals surface area contributed by atoms with Crippen molar-refractivity contribution >= 4 is 34.5 Å². The quantitative estimate of drug-likeness (QED) is 0.333. The third-order valence-corrected chi connectivity index (χ3v) is 3.58. The third-order valence-electron chi connectivity index (χ3n) is 3.58. The molecule has 0 saturated heterocycles. The van der Waals surface area contributed by atoms with E-state index in [2.05, 4.69) is 25.9 Å². The van der Waals surface area contributed by atoms with Gasteiger partial charge in [0.15, 0.2) is 5.76 Å². The Bertz CT molecular complexity index is 1110. The second kappa shape index (κ2) is 6.43. The summed E-state index contributed by atoms with van der Waals surface area (Å²) in [5.74, 6) is 0.138. The molecule has 0 amide bonds. The molecule has 0 aliphatic heterocycles. The summed E-state index contributed by atoms with van der Waals surface area (Å²) < 4.78 is 5.01. The molecular formula is C16H11N7O3. The molecule has 2 aromatic carbocycles. The fourth-order valence-electron chi connectivity index (χ4n) is 2.41. The lowest BCUT2D eigenvalue weighted by Gasteiger charge is -2.07. The Hall–Kier alpha value is -4.08. The van der Waals surface area contributed by atoms with Gasteiger partial charge in [-0.2, -0.15) is 5.10 Å². The third kappa shape index (κ3) is 2.98. The molecule has 2 heterocycles. The molecule has 0 bridgehead atoms. The number of nitrogens with one attached hydrogen (secondary N) is 1. The molecule has 4 aromatic rings. The first kappa shape index (κ1) is 15.4. The van der Waals surface area contributed by atoms with Crippen LogP contribution in [0.1, 0.15) is 5.76 Å². The van der Waals surface area contributed by atoms with Crippen molar-refractivity contribution in [3.63, 3.8) is 0 Å². The van der Waals surface area contributed by atoms with Crippen LogP contribution in [0.5, 0.6) is 0 Å². The largest absolute Gasteiger partial charge is 0.433 e. The van der Waals surface area contributed by atoms with Gasteiger partial charge >= 0.3 is 5.88 Å². The number of fused-ring (bicyclic) bond motifs is 1. The van der Waals surface area contributed by atoms with Crippen LogP contribution >= 0.6 is 0 Å². The number of tetrazole rings is 1. The summed E-state index contributed by atoms with van der Waals surface area (Å²) in [5.41, 5.74) is 0.822. The Morgan fingerprint density at radius 3 is 2.85 bits per heavy atom. The van der Waals surface area contributed by atoms with Crippen LogP contribution < -0.4 is 5.32 Å². The fourth-order valence-corrected chi connectivity index (χ4v) is 2.41. The van der Waals surface area contributed by atoms with E-state index in [0.717, 1.165) is 21.3 Å². The van der Waals surface area contributed by atoms with Gasteiger partial charge in [0.1, 0.15) is 4.92 Å². The van der Waals surface area contributed by atoms with Crippen LogP contribution in [0.15, 0.2) is 64.1 Å². The predicted octanol–water partition coefficient (Wildman–Crippen LogP) is 2.95. The summed E-state index contributed by atoms with van der Waals surface area (Å²) in [4.78, 5) is 11.2. The zero-order valence-corrected chi connectivity index (χ0v) is 13.2. The van der Waals surface area contributed by atoms with Gasteiger partial charge in [-0.1, -0.05) is 46.3 Å². The highest BCUT2D eigenvalue weighted by Gasteiger charge is 2.11. The van der Waals surface area contributed by atoms with Crippen LogP contribution in [0.3, 0.4) is 0 Å². The Morgan fingerprint density at radius 1 is 1.15 bits per heavy atom. The van der Waals surface area contributed by atoms with Crippen LogP contribution in [0.25, 0.3) is 10.8 Å². The molecule has 0 radical (unpaired) electrons. The van der Waals surface area contributed by atoms with Crippen LogP contribution in [-0.4, -0.2) is 31.5 Å². The van der Waals surface area contributed by atoms with E-state index in [1.165, 1.54) is 18.3 Å². The van der Waals surface area contributed by atoms with E-state index in [-0.39, 0.29) is 11.6 Å². The van der Waals surface area contributed by atoms with E-state index in [1.807, 2.05) is 42.5 Å². The predicted molar refractivity (Wildman–Crippen MR) is 93.4 cm³/mol. The number of nitrogens with zero attached hydrogens (tertiary/aromatic N) is 6.